The summed E-state index contributed by atoms with van der Waals surface area (Å²) in [5.74, 6) is 2.00. The van der Waals surface area contributed by atoms with E-state index in [0.29, 0.717) is 25.0 Å². The zero-order chi connectivity index (χ0) is 16.5. The van der Waals surface area contributed by atoms with Crippen molar-refractivity contribution in [3.8, 4) is 5.88 Å². The van der Waals surface area contributed by atoms with Gasteiger partial charge in [0.15, 0.2) is 0 Å². The van der Waals surface area contributed by atoms with Gasteiger partial charge in [0, 0.05) is 24.9 Å². The lowest BCUT2D eigenvalue weighted by Crippen LogP contribution is -2.13. The average Bonchev–Trinajstić information content (AvgIpc) is 3.19. The number of anilines is 3. The van der Waals surface area contributed by atoms with Gasteiger partial charge in [-0.1, -0.05) is 0 Å². The van der Waals surface area contributed by atoms with Crippen molar-refractivity contribution in [3.63, 3.8) is 0 Å². The van der Waals surface area contributed by atoms with E-state index in [1.54, 1.807) is 0 Å². The fraction of sp³-hybridized carbons (Fsp3) is 0.562. The van der Waals surface area contributed by atoms with Gasteiger partial charge in [0.1, 0.15) is 11.5 Å². The van der Waals surface area contributed by atoms with E-state index in [0.717, 1.165) is 48.8 Å². The van der Waals surface area contributed by atoms with E-state index in [9.17, 15) is 0 Å². The molecule has 4 heterocycles. The SMILES string of the molecule is Cc1cnc2nc1NCCCOc1nn(C3CCOC3)c(C)c1N2. The molecule has 8 nitrogen and oxygen atoms in total. The molecule has 0 spiro atoms. The summed E-state index contributed by atoms with van der Waals surface area (Å²) in [6.45, 7) is 6.89. The maximum Gasteiger partial charge on any atom is 0.257 e. The highest BCUT2D eigenvalue weighted by Crippen LogP contribution is 2.34. The highest BCUT2D eigenvalue weighted by Gasteiger charge is 2.25. The summed E-state index contributed by atoms with van der Waals surface area (Å²) in [5, 5.41) is 11.3. The molecule has 1 fully saturated rings. The first kappa shape index (κ1) is 15.2. The topological polar surface area (TPSA) is 86.1 Å². The second-order valence-electron chi connectivity index (χ2n) is 6.21. The Morgan fingerprint density at radius 1 is 1.29 bits per heavy atom. The van der Waals surface area contributed by atoms with Gasteiger partial charge in [-0.05, 0) is 26.7 Å². The third kappa shape index (κ3) is 2.77. The standard InChI is InChI=1S/C16H22N6O2/c1-10-8-18-16-19-13-11(2)22(12-4-7-23-9-12)21-15(13)24-6-3-5-17-14(10)20-16/h8,12H,3-7,9H2,1-2H3,(H2,17,18,19,20). The second-order valence-corrected chi connectivity index (χ2v) is 6.21. The quantitative estimate of drug-likeness (QED) is 0.829. The van der Waals surface area contributed by atoms with Crippen LogP contribution in [0.25, 0.3) is 0 Å². The molecular formula is C16H22N6O2. The van der Waals surface area contributed by atoms with Gasteiger partial charge in [0.2, 0.25) is 5.95 Å². The number of nitrogens with one attached hydrogen (secondary N) is 2. The molecule has 1 unspecified atom stereocenters. The van der Waals surface area contributed by atoms with E-state index in [1.165, 1.54) is 0 Å². The number of hydrogen-bond acceptors (Lipinski definition) is 7. The first-order valence-corrected chi connectivity index (χ1v) is 8.36. The summed E-state index contributed by atoms with van der Waals surface area (Å²) >= 11 is 0. The molecular weight excluding hydrogens is 308 g/mol. The van der Waals surface area contributed by atoms with Crippen molar-refractivity contribution in [1.82, 2.24) is 19.7 Å². The molecule has 0 aliphatic carbocycles. The Bertz CT molecular complexity index is 738. The molecule has 2 aromatic heterocycles. The number of nitrogens with zero attached hydrogens (tertiary/aromatic N) is 4. The van der Waals surface area contributed by atoms with E-state index in [1.807, 2.05) is 24.7 Å². The van der Waals surface area contributed by atoms with Crippen LogP contribution in [-0.4, -0.2) is 46.1 Å². The largest absolute Gasteiger partial charge is 0.475 e. The first-order valence-electron chi connectivity index (χ1n) is 8.36. The zero-order valence-electron chi connectivity index (χ0n) is 14.0. The van der Waals surface area contributed by atoms with Crippen molar-refractivity contribution in [1.29, 1.82) is 0 Å². The third-order valence-corrected chi connectivity index (χ3v) is 4.43. The average molecular weight is 330 g/mol. The number of ether oxygens (including phenoxy) is 2. The van der Waals surface area contributed by atoms with Crippen LogP contribution in [0.4, 0.5) is 17.5 Å². The Morgan fingerprint density at radius 2 is 2.21 bits per heavy atom. The Morgan fingerprint density at radius 3 is 3.04 bits per heavy atom. The lowest BCUT2D eigenvalue weighted by Gasteiger charge is -2.12. The minimum Gasteiger partial charge on any atom is -0.475 e. The van der Waals surface area contributed by atoms with Crippen LogP contribution in [0.3, 0.4) is 0 Å². The van der Waals surface area contributed by atoms with Gasteiger partial charge >= 0.3 is 0 Å². The van der Waals surface area contributed by atoms with Crippen LogP contribution in [0.15, 0.2) is 6.20 Å². The van der Waals surface area contributed by atoms with Crippen molar-refractivity contribution in [3.05, 3.63) is 17.5 Å². The minimum atomic E-state index is 0.256. The van der Waals surface area contributed by atoms with Crippen LogP contribution in [0.2, 0.25) is 0 Å². The molecule has 2 bridgehead atoms. The van der Waals surface area contributed by atoms with Crippen LogP contribution in [0, 0.1) is 13.8 Å². The summed E-state index contributed by atoms with van der Waals surface area (Å²) < 4.78 is 13.4. The van der Waals surface area contributed by atoms with E-state index >= 15 is 0 Å². The highest BCUT2D eigenvalue weighted by atomic mass is 16.5. The smallest absolute Gasteiger partial charge is 0.257 e. The maximum absolute atomic E-state index is 5.92. The van der Waals surface area contributed by atoms with E-state index < -0.39 is 0 Å². The fourth-order valence-corrected chi connectivity index (χ4v) is 3.05. The first-order chi connectivity index (χ1) is 11.7. The van der Waals surface area contributed by atoms with Crippen molar-refractivity contribution in [2.24, 2.45) is 0 Å². The van der Waals surface area contributed by atoms with Crippen LogP contribution in [0.1, 0.15) is 30.1 Å². The van der Waals surface area contributed by atoms with Crippen molar-refractivity contribution < 1.29 is 9.47 Å². The molecule has 1 saturated heterocycles. The lowest BCUT2D eigenvalue weighted by atomic mass is 10.2. The molecule has 8 heteroatoms. The van der Waals surface area contributed by atoms with Crippen LogP contribution >= 0.6 is 0 Å². The molecule has 0 radical (unpaired) electrons. The summed E-state index contributed by atoms with van der Waals surface area (Å²) in [4.78, 5) is 8.95. The van der Waals surface area contributed by atoms with Gasteiger partial charge in [-0.2, -0.15) is 4.98 Å². The summed E-state index contributed by atoms with van der Waals surface area (Å²) in [5.41, 5.74) is 2.87. The van der Waals surface area contributed by atoms with Crippen LogP contribution < -0.4 is 15.4 Å². The molecule has 0 aromatic carbocycles. The van der Waals surface area contributed by atoms with Crippen molar-refractivity contribution in [2.75, 3.05) is 37.0 Å². The lowest BCUT2D eigenvalue weighted by molar-refractivity contribution is 0.183. The van der Waals surface area contributed by atoms with Gasteiger partial charge in [-0.3, -0.25) is 4.68 Å². The maximum atomic E-state index is 5.92. The van der Waals surface area contributed by atoms with Crippen molar-refractivity contribution in [2.45, 2.75) is 32.7 Å². The summed E-state index contributed by atoms with van der Waals surface area (Å²) in [6, 6.07) is 0.256. The summed E-state index contributed by atoms with van der Waals surface area (Å²) in [6.07, 6.45) is 3.66. The van der Waals surface area contributed by atoms with Gasteiger partial charge in [-0.25, -0.2) is 4.98 Å². The Labute approximate surface area is 140 Å². The van der Waals surface area contributed by atoms with Gasteiger partial charge in [-0.15, -0.1) is 5.10 Å². The molecule has 0 amide bonds. The highest BCUT2D eigenvalue weighted by molar-refractivity contribution is 5.64. The predicted octanol–water partition coefficient (Wildman–Crippen LogP) is 2.19. The van der Waals surface area contributed by atoms with Crippen LogP contribution in [0.5, 0.6) is 5.88 Å². The predicted molar refractivity (Wildman–Crippen MR) is 90.1 cm³/mol. The molecule has 2 aromatic rings. The molecule has 0 saturated carbocycles. The molecule has 4 rings (SSSR count). The molecule has 2 N–H and O–H groups in total. The number of rotatable bonds is 1. The number of fused-ring (bicyclic) bond motifs is 3. The zero-order valence-corrected chi connectivity index (χ0v) is 14.0. The molecule has 24 heavy (non-hydrogen) atoms. The molecule has 1 atom stereocenters. The minimum absolute atomic E-state index is 0.256. The van der Waals surface area contributed by atoms with Crippen LogP contribution in [-0.2, 0) is 4.74 Å². The van der Waals surface area contributed by atoms with Gasteiger partial charge in [0.25, 0.3) is 5.88 Å². The van der Waals surface area contributed by atoms with E-state index in [2.05, 4.69) is 25.7 Å². The Kier molecular flexibility index (Phi) is 3.97. The Balaban J connectivity index is 1.73. The van der Waals surface area contributed by atoms with Gasteiger partial charge in [0.05, 0.1) is 24.9 Å². The number of hydrogen-bond donors (Lipinski definition) is 2. The molecule has 128 valence electrons. The number of aryl methyl sites for hydroxylation is 1. The third-order valence-electron chi connectivity index (χ3n) is 4.43. The van der Waals surface area contributed by atoms with E-state index in [4.69, 9.17) is 9.47 Å². The monoisotopic (exact) mass is 330 g/mol. The van der Waals surface area contributed by atoms with E-state index in [-0.39, 0.29) is 6.04 Å². The second kappa shape index (κ2) is 6.27. The van der Waals surface area contributed by atoms with Gasteiger partial charge < -0.3 is 20.1 Å². The normalized spacial score (nSPS) is 20.3. The van der Waals surface area contributed by atoms with Crippen molar-refractivity contribution >= 4 is 17.5 Å². The Hall–Kier alpha value is -2.35. The molecule has 2 aliphatic heterocycles. The summed E-state index contributed by atoms with van der Waals surface area (Å²) in [7, 11) is 0. The number of aromatic nitrogens is 4. The fourth-order valence-electron chi connectivity index (χ4n) is 3.05. The molecule has 2 aliphatic rings.